The van der Waals surface area contributed by atoms with Crippen molar-refractivity contribution in [1.82, 2.24) is 0 Å². The van der Waals surface area contributed by atoms with Crippen LogP contribution in [-0.4, -0.2) is 208 Å². The molecule has 16 bridgehead atoms. The molecule has 0 amide bonds. The second-order valence-electron chi connectivity index (χ2n) is 58.2. The Kier molecular flexibility index (Phi) is 26.2. The molecule has 0 radical (unpaired) electrons. The third kappa shape index (κ3) is 16.6. The summed E-state index contributed by atoms with van der Waals surface area (Å²) in [6, 6.07) is 0. The van der Waals surface area contributed by atoms with E-state index in [1.807, 2.05) is 0 Å². The second-order valence-corrected chi connectivity index (χ2v) is 58.2. The molecule has 0 saturated heterocycles. The van der Waals surface area contributed by atoms with Gasteiger partial charge in [0, 0.05) is 77.0 Å². The molecule has 12 unspecified atom stereocenters. The lowest BCUT2D eigenvalue weighted by molar-refractivity contribution is -0.341. The summed E-state index contributed by atoms with van der Waals surface area (Å²) in [5, 5.41) is 152. The largest absolute Gasteiger partial charge is 0.481 e. The Morgan fingerprint density at radius 3 is 0.775 bits per heavy atom. The fourth-order valence-electron chi connectivity index (χ4n) is 46.6. The minimum atomic E-state index is -1.66. The van der Waals surface area contributed by atoms with Crippen LogP contribution in [0.5, 0.6) is 0 Å². The quantitative estimate of drug-likeness (QED) is 0.0272. The molecular formula is C118H184O24. The first-order chi connectivity index (χ1) is 67.5. The number of hydrogen-bond acceptors (Lipinski definition) is 21. The number of carboxylic acids is 3. The number of hydrogen-bond donors (Lipinski definition) is 12. The molecular weight excluding hydrogens is 1800 g/mol. The van der Waals surface area contributed by atoms with Gasteiger partial charge in [-0.1, -0.05) is 62.3 Å². The first-order valence-electron chi connectivity index (χ1n) is 59.0. The molecule has 28 fully saturated rings. The summed E-state index contributed by atoms with van der Waals surface area (Å²) in [6.07, 6.45) is 28.6. The summed E-state index contributed by atoms with van der Waals surface area (Å²) < 4.78 is 67.3. The molecule has 24 nitrogen and oxygen atoms in total. The van der Waals surface area contributed by atoms with Gasteiger partial charge in [-0.05, 0) is 446 Å². The maximum atomic E-state index is 13.8. The number of carboxylic acid groups (broad SMARTS) is 3. The van der Waals surface area contributed by atoms with Gasteiger partial charge in [0.1, 0.15) is 0 Å². The van der Waals surface area contributed by atoms with Crippen LogP contribution in [0.3, 0.4) is 0 Å². The number of aliphatic hydroxyl groups is 9. The van der Waals surface area contributed by atoms with Crippen LogP contribution in [0, 0.1) is 234 Å². The zero-order valence-electron chi connectivity index (χ0n) is 87.7. The molecule has 142 heavy (non-hydrogen) atoms. The highest BCUT2D eigenvalue weighted by molar-refractivity contribution is 5.67. The third-order valence-corrected chi connectivity index (χ3v) is 51.9. The Morgan fingerprint density at radius 1 is 0.289 bits per heavy atom. The van der Waals surface area contributed by atoms with Crippen molar-refractivity contribution in [2.45, 2.75) is 440 Å². The molecule has 0 aromatic heterocycles. The van der Waals surface area contributed by atoms with Gasteiger partial charge in [0.15, 0.2) is 37.7 Å². The number of fused-ring (bicyclic) bond motifs is 15. The van der Waals surface area contributed by atoms with Crippen molar-refractivity contribution in [1.29, 1.82) is 0 Å². The predicted octanol–water partition coefficient (Wildman–Crippen LogP) is 17.7. The normalized spacial score (nSPS) is 57.0. The van der Waals surface area contributed by atoms with Crippen molar-refractivity contribution in [3.8, 4) is 0 Å². The molecule has 800 valence electrons. The van der Waals surface area contributed by atoms with Gasteiger partial charge in [0.2, 0.25) is 0 Å². The van der Waals surface area contributed by atoms with Crippen LogP contribution >= 0.6 is 0 Å². The third-order valence-electron chi connectivity index (χ3n) is 51.9. The lowest BCUT2D eigenvalue weighted by Gasteiger charge is -2.68. The van der Waals surface area contributed by atoms with Crippen molar-refractivity contribution in [3.05, 3.63) is 0 Å². The van der Waals surface area contributed by atoms with Gasteiger partial charge in [0.05, 0.1) is 91.6 Å². The first kappa shape index (κ1) is 102. The molecule has 28 aliphatic carbocycles. The van der Waals surface area contributed by atoms with Crippen molar-refractivity contribution in [3.63, 3.8) is 0 Å². The van der Waals surface area contributed by atoms with E-state index in [1.54, 1.807) is 0 Å². The van der Waals surface area contributed by atoms with Crippen LogP contribution in [0.25, 0.3) is 0 Å². The Labute approximate surface area is 845 Å². The van der Waals surface area contributed by atoms with Gasteiger partial charge < -0.3 is 104 Å². The molecule has 24 heteroatoms. The second kappa shape index (κ2) is 36.7. The van der Waals surface area contributed by atoms with Gasteiger partial charge in [0.25, 0.3) is 0 Å². The highest BCUT2D eigenvalue weighted by atomic mass is 16.7. The number of aliphatic hydroxyl groups excluding tert-OH is 6. The van der Waals surface area contributed by atoms with E-state index in [0.29, 0.717) is 132 Å². The molecule has 36 atom stereocenters. The monoisotopic (exact) mass is 1990 g/mol. The fourth-order valence-corrected chi connectivity index (χ4v) is 46.6. The molecule has 0 aromatic rings. The Bertz CT molecular complexity index is 4070. The van der Waals surface area contributed by atoms with Crippen LogP contribution in [0.15, 0.2) is 0 Å². The summed E-state index contributed by atoms with van der Waals surface area (Å²) in [6.45, 7) is 21.0. The van der Waals surface area contributed by atoms with Gasteiger partial charge in [-0.2, -0.15) is 0 Å². The van der Waals surface area contributed by atoms with Gasteiger partial charge in [-0.15, -0.1) is 0 Å². The maximum Gasteiger partial charge on any atom is 0.303 e. The highest BCUT2D eigenvalue weighted by Gasteiger charge is 2.76. The summed E-state index contributed by atoms with van der Waals surface area (Å²) in [4.78, 5) is 36.7. The molecule has 0 heterocycles. The summed E-state index contributed by atoms with van der Waals surface area (Å²) >= 11 is 0. The Balaban J connectivity index is 0.584. The lowest BCUT2D eigenvalue weighted by atomic mass is 9.40. The first-order valence-corrected chi connectivity index (χ1v) is 59.0. The molecule has 28 rings (SSSR count). The number of aliphatic carboxylic acids is 3. The summed E-state index contributed by atoms with van der Waals surface area (Å²) in [7, 11) is 0. The van der Waals surface area contributed by atoms with E-state index >= 15 is 0 Å². The minimum absolute atomic E-state index is 0.0267. The zero-order valence-corrected chi connectivity index (χ0v) is 87.7. The van der Waals surface area contributed by atoms with Gasteiger partial charge >= 0.3 is 17.9 Å². The van der Waals surface area contributed by atoms with E-state index in [4.69, 9.17) is 42.6 Å². The average Bonchev–Trinajstić information content (AvgIpc) is 1.47. The Morgan fingerprint density at radius 2 is 0.535 bits per heavy atom. The molecule has 0 aromatic carbocycles. The number of ether oxygens (including phenoxy) is 9. The van der Waals surface area contributed by atoms with Crippen molar-refractivity contribution < 1.29 is 118 Å². The van der Waals surface area contributed by atoms with E-state index in [0.717, 1.165) is 74.0 Å². The topological polar surface area (TPSA) is 377 Å². The summed E-state index contributed by atoms with van der Waals surface area (Å²) in [5.41, 5.74) is -6.14. The summed E-state index contributed by atoms with van der Waals surface area (Å²) in [5.74, 6) is -2.65. The van der Waals surface area contributed by atoms with Gasteiger partial charge in [-0.3, -0.25) is 14.4 Å². The standard InChI is InChI=1S/C118H184O24/c1-61(10-19-98(125)126)83-13-16-86-101-89(40-95(122)110(83,86)7)107(4)77(37-92(101)119)46-116(131,140-58-134-104-71-25-64-22-65(27-71)28-72(104)26-64)49-80(107)52-137-113-43-70-44-114(55-113,138-53-81-50-117(132,141-59-135-105-73-29-66-23-67(31-73)32-74(105)30-66)47-78-38-93(120)102-87-17-14-84(62(2)11-20-99(127)128)111(87,8)96(123)41-90(102)108(78,81)5)57-115(45-70,56-113)139-54-82-51-118(133,142-60-136-106-75-33-68-24-69(35-75)36-76(106)34-68)48-79-39-94(121)103-88-18-15-85(63(3)12-21-100(129)130)112(88,9)97(124)42-91(103)109(79,82)6/h61-97,101-106,119-124,131-133H,10-60H2,1-9H3,(H,125,126)(H,127,128)(H,129,130)/t61-,62-,63-,64?,65?,66?,67?,68?,69?,70?,71?,72?,73?,74?,75?,76?,77-,78-,79-,80?,81?,82?,83-,84-,85-,86?,87?,88?,89?,90?,91?,92-,93-,94-,95+,96+,97+,101?,102?,103?,104?,105?,106?,107-,108-,109-,110-,111-,112-,113?,114?,115?,116-,117-,118-/m1/s1. The van der Waals surface area contributed by atoms with Crippen molar-refractivity contribution in [2.75, 3.05) is 40.2 Å². The molecule has 0 spiro atoms. The van der Waals surface area contributed by atoms with Crippen molar-refractivity contribution >= 4 is 17.9 Å². The van der Waals surface area contributed by atoms with Crippen LogP contribution < -0.4 is 0 Å². The minimum Gasteiger partial charge on any atom is -0.481 e. The SMILES string of the molecule is C[C@H](CCC(=O)O)[C@H]1CCC2C3C(C[C@H](O)[C@@]21C)[C@@]1(C)C(COC24CC5CC(OCC6C[C@](O)(OCOC7C8CC9CC(C8)CC7C9)C[C@H]7C[C@@H](O)C8C(C[C@H](O)[C@@]9(C)C8CC[C@@H]9[C@H](C)CCC(=O)O)[C@@]67C)(C2)CC(OCC2C[C@](O)(OCOC6C7CC8CC(C7)CC6C8)C[C@H]6C[C@@H](O)C7C(C[C@H](O)[C@@]8(C)C7CC[C@@H]8[C@H](C)CCC(=O)O)[C@@]26C)(C5)C4)C[C@](O)(OCOC2C4CC5CC(C4)CC2C5)C[C@H]1C[C@H]3O. The van der Waals surface area contributed by atoms with Gasteiger partial charge in [-0.25, -0.2) is 0 Å². The molecule has 28 saturated carbocycles. The van der Waals surface area contributed by atoms with Crippen molar-refractivity contribution in [2.24, 2.45) is 234 Å². The fraction of sp³-hybridized carbons (Fsp3) is 0.975. The van der Waals surface area contributed by atoms with Crippen LogP contribution in [-0.2, 0) is 57.0 Å². The van der Waals surface area contributed by atoms with Crippen LogP contribution in [0.2, 0.25) is 0 Å². The van der Waals surface area contributed by atoms with E-state index < -0.39 is 121 Å². The number of rotatable bonds is 33. The molecule has 12 N–H and O–H groups in total. The lowest BCUT2D eigenvalue weighted by Crippen LogP contribution is -2.70. The van der Waals surface area contributed by atoms with Crippen LogP contribution in [0.4, 0.5) is 0 Å². The van der Waals surface area contributed by atoms with Crippen LogP contribution in [0.1, 0.15) is 351 Å². The smallest absolute Gasteiger partial charge is 0.303 e. The van der Waals surface area contributed by atoms with E-state index in [-0.39, 0.29) is 246 Å². The zero-order chi connectivity index (χ0) is 99.0. The highest BCUT2D eigenvalue weighted by Crippen LogP contribution is 2.77. The van der Waals surface area contributed by atoms with E-state index in [1.165, 1.54) is 96.3 Å². The molecule has 0 aliphatic heterocycles. The predicted molar refractivity (Wildman–Crippen MR) is 524 cm³/mol. The average molecular weight is 1990 g/mol. The van der Waals surface area contributed by atoms with E-state index in [9.17, 15) is 75.7 Å². The number of carbonyl (C=O) groups is 3. The maximum absolute atomic E-state index is 13.8. The van der Waals surface area contributed by atoms with E-state index in [2.05, 4.69) is 62.3 Å². The molecule has 28 aliphatic rings. The Hall–Kier alpha value is -2.31.